The number of ether oxygens (including phenoxy) is 1. The average Bonchev–Trinajstić information content (AvgIpc) is 2.84. The Balaban J connectivity index is 1.70. The highest BCUT2D eigenvalue weighted by Gasteiger charge is 2.66. The molecule has 0 unspecified atom stereocenters. The highest BCUT2D eigenvalue weighted by atomic mass is 16.5. The van der Waals surface area contributed by atoms with Gasteiger partial charge in [-0.1, -0.05) is 13.3 Å². The lowest BCUT2D eigenvalue weighted by Gasteiger charge is -2.63. The van der Waals surface area contributed by atoms with Gasteiger partial charge in [-0.3, -0.25) is 9.59 Å². The van der Waals surface area contributed by atoms with Crippen molar-refractivity contribution in [3.8, 4) is 0 Å². The van der Waals surface area contributed by atoms with Gasteiger partial charge in [-0.25, -0.2) is 0 Å². The van der Waals surface area contributed by atoms with Crippen LogP contribution in [0.4, 0.5) is 0 Å². The molecule has 0 saturated heterocycles. The molecular weight excluding hydrogens is 316 g/mol. The highest BCUT2D eigenvalue weighted by molar-refractivity contribution is 5.77. The quantitative estimate of drug-likeness (QED) is 0.757. The first-order chi connectivity index (χ1) is 11.8. The molecule has 4 heteroatoms. The first-order valence-electron chi connectivity index (χ1n) is 10.1. The van der Waals surface area contributed by atoms with E-state index in [0.29, 0.717) is 17.8 Å². The van der Waals surface area contributed by atoms with Crippen molar-refractivity contribution in [3.05, 3.63) is 0 Å². The summed E-state index contributed by atoms with van der Waals surface area (Å²) in [6.45, 7) is 4.54. The zero-order valence-electron chi connectivity index (χ0n) is 15.8. The molecule has 1 spiro atoms. The van der Waals surface area contributed by atoms with Gasteiger partial charge in [-0.05, 0) is 86.9 Å². The summed E-state index contributed by atoms with van der Waals surface area (Å²) in [4.78, 5) is 24.4. The third-order valence-electron chi connectivity index (χ3n) is 9.10. The van der Waals surface area contributed by atoms with Crippen LogP contribution >= 0.6 is 0 Å². The minimum atomic E-state index is -0.585. The molecule has 4 rings (SSSR count). The largest absolute Gasteiger partial charge is 0.481 e. The molecule has 4 aliphatic rings. The van der Waals surface area contributed by atoms with E-state index in [1.165, 1.54) is 13.5 Å². The van der Waals surface area contributed by atoms with E-state index < -0.39 is 5.97 Å². The fraction of sp³-hybridized carbons (Fsp3) is 0.905. The number of hydrogen-bond donors (Lipinski definition) is 1. The number of carboxylic acid groups (broad SMARTS) is 1. The number of fused-ring (bicyclic) bond motifs is 3. The van der Waals surface area contributed by atoms with Crippen molar-refractivity contribution in [2.75, 3.05) is 7.11 Å². The third-order valence-corrected chi connectivity index (χ3v) is 9.10. The summed E-state index contributed by atoms with van der Waals surface area (Å²) in [7, 11) is 1.52. The van der Waals surface area contributed by atoms with E-state index in [1.807, 2.05) is 0 Å². The van der Waals surface area contributed by atoms with Crippen LogP contribution < -0.4 is 0 Å². The molecule has 0 amide bonds. The summed E-state index contributed by atoms with van der Waals surface area (Å²) < 4.78 is 5.21. The van der Waals surface area contributed by atoms with E-state index in [9.17, 15) is 14.7 Å². The van der Waals surface area contributed by atoms with E-state index in [0.717, 1.165) is 51.4 Å². The number of carboxylic acids is 1. The Kier molecular flexibility index (Phi) is 3.80. The smallest absolute Gasteiger partial charge is 0.311 e. The number of aliphatic carboxylic acids is 1. The Morgan fingerprint density at radius 2 is 1.76 bits per heavy atom. The molecule has 4 nitrogen and oxygen atoms in total. The Labute approximate surface area is 150 Å². The van der Waals surface area contributed by atoms with Gasteiger partial charge < -0.3 is 9.84 Å². The molecule has 7 atom stereocenters. The first kappa shape index (κ1) is 17.4. The Morgan fingerprint density at radius 1 is 1.00 bits per heavy atom. The summed E-state index contributed by atoms with van der Waals surface area (Å²) in [5, 5.41) is 9.67. The minimum absolute atomic E-state index is 0.0390. The second kappa shape index (κ2) is 5.47. The second-order valence-electron chi connectivity index (χ2n) is 9.97. The number of esters is 1. The summed E-state index contributed by atoms with van der Waals surface area (Å²) in [6.07, 6.45) is 9.53. The molecule has 0 heterocycles. The number of hydrogen-bond acceptors (Lipinski definition) is 3. The van der Waals surface area contributed by atoms with E-state index >= 15 is 0 Å². The molecular formula is C21H32O4. The number of rotatable bonds is 2. The monoisotopic (exact) mass is 348 g/mol. The fourth-order valence-electron chi connectivity index (χ4n) is 8.21. The van der Waals surface area contributed by atoms with Crippen LogP contribution in [-0.4, -0.2) is 24.2 Å². The van der Waals surface area contributed by atoms with E-state index in [4.69, 9.17) is 4.74 Å². The molecule has 140 valence electrons. The van der Waals surface area contributed by atoms with Gasteiger partial charge in [-0.2, -0.15) is 0 Å². The molecule has 4 saturated carbocycles. The molecule has 0 aromatic heterocycles. The van der Waals surface area contributed by atoms with Crippen LogP contribution in [0.3, 0.4) is 0 Å². The summed E-state index contributed by atoms with van der Waals surface area (Å²) in [5.74, 6) is 0.562. The van der Waals surface area contributed by atoms with Crippen molar-refractivity contribution in [2.24, 2.45) is 39.9 Å². The van der Waals surface area contributed by atoms with Crippen molar-refractivity contribution in [3.63, 3.8) is 0 Å². The lowest BCUT2D eigenvalue weighted by Crippen LogP contribution is -2.58. The van der Waals surface area contributed by atoms with Gasteiger partial charge in [0.1, 0.15) is 0 Å². The normalized spacial score (nSPS) is 51.3. The van der Waals surface area contributed by atoms with Crippen LogP contribution in [0.25, 0.3) is 0 Å². The molecule has 0 aliphatic heterocycles. The highest BCUT2D eigenvalue weighted by Crippen LogP contribution is 2.72. The lowest BCUT2D eigenvalue weighted by atomic mass is 9.41. The standard InChI is InChI=1S/C21H32O4/c1-19-8-4-9-20(2,18(24)25-3)15(19)7-10-21-11-13(5-6-16(19)21)14(12-21)17(22)23/h13-16H,4-12H2,1-3H3,(H,22,23)/t13-,14-,15+,16+,19-,20-,21+/m1/s1. The minimum Gasteiger partial charge on any atom is -0.481 e. The predicted molar refractivity (Wildman–Crippen MR) is 93.8 cm³/mol. The van der Waals surface area contributed by atoms with Gasteiger partial charge in [0.15, 0.2) is 0 Å². The van der Waals surface area contributed by atoms with Crippen molar-refractivity contribution >= 4 is 11.9 Å². The first-order valence-corrected chi connectivity index (χ1v) is 10.1. The summed E-state index contributed by atoms with van der Waals surface area (Å²) in [5.41, 5.74) is -0.00555. The molecule has 0 aromatic rings. The number of carbonyl (C=O) groups excluding carboxylic acids is 1. The third kappa shape index (κ3) is 2.18. The second-order valence-corrected chi connectivity index (χ2v) is 9.97. The number of methoxy groups -OCH3 is 1. The van der Waals surface area contributed by atoms with Crippen LogP contribution in [0.1, 0.15) is 71.6 Å². The van der Waals surface area contributed by atoms with Crippen LogP contribution in [0.5, 0.6) is 0 Å². The topological polar surface area (TPSA) is 63.6 Å². The van der Waals surface area contributed by atoms with Gasteiger partial charge in [0.25, 0.3) is 0 Å². The van der Waals surface area contributed by atoms with Gasteiger partial charge >= 0.3 is 11.9 Å². The number of carbonyl (C=O) groups is 2. The summed E-state index contributed by atoms with van der Waals surface area (Å²) in [6, 6.07) is 0. The zero-order chi connectivity index (χ0) is 18.0. The predicted octanol–water partition coefficient (Wildman–Crippen LogP) is 4.27. The molecule has 0 aromatic carbocycles. The van der Waals surface area contributed by atoms with E-state index in [2.05, 4.69) is 13.8 Å². The van der Waals surface area contributed by atoms with Crippen molar-refractivity contribution in [1.29, 1.82) is 0 Å². The van der Waals surface area contributed by atoms with Crippen molar-refractivity contribution < 1.29 is 19.4 Å². The Hall–Kier alpha value is -1.06. The van der Waals surface area contributed by atoms with Crippen LogP contribution in [-0.2, 0) is 14.3 Å². The van der Waals surface area contributed by atoms with E-state index in [1.54, 1.807) is 0 Å². The van der Waals surface area contributed by atoms with Crippen LogP contribution in [0.15, 0.2) is 0 Å². The van der Waals surface area contributed by atoms with Gasteiger partial charge in [0.2, 0.25) is 0 Å². The maximum atomic E-state index is 12.6. The Morgan fingerprint density at radius 3 is 2.44 bits per heavy atom. The van der Waals surface area contributed by atoms with Crippen molar-refractivity contribution in [1.82, 2.24) is 0 Å². The van der Waals surface area contributed by atoms with Gasteiger partial charge in [-0.15, -0.1) is 0 Å². The summed E-state index contributed by atoms with van der Waals surface area (Å²) >= 11 is 0. The molecule has 25 heavy (non-hydrogen) atoms. The SMILES string of the molecule is COC(=O)[C@]1(C)CCC[C@@]2(C)[C@@H]3CC[C@@H]4C[C@@]3(CC[C@@H]21)C[C@H]4C(=O)O. The van der Waals surface area contributed by atoms with Crippen LogP contribution in [0, 0.1) is 39.9 Å². The molecule has 0 radical (unpaired) electrons. The lowest BCUT2D eigenvalue weighted by molar-refractivity contribution is -0.183. The maximum Gasteiger partial charge on any atom is 0.311 e. The van der Waals surface area contributed by atoms with Crippen molar-refractivity contribution in [2.45, 2.75) is 71.6 Å². The molecule has 2 bridgehead atoms. The van der Waals surface area contributed by atoms with E-state index in [-0.39, 0.29) is 28.1 Å². The molecule has 1 N–H and O–H groups in total. The zero-order valence-corrected chi connectivity index (χ0v) is 15.8. The van der Waals surface area contributed by atoms with Gasteiger partial charge in [0.05, 0.1) is 18.4 Å². The Bertz CT molecular complexity index is 601. The van der Waals surface area contributed by atoms with Gasteiger partial charge in [0, 0.05) is 0 Å². The average molecular weight is 348 g/mol. The fourth-order valence-corrected chi connectivity index (χ4v) is 8.21. The maximum absolute atomic E-state index is 12.6. The van der Waals surface area contributed by atoms with Crippen LogP contribution in [0.2, 0.25) is 0 Å². The molecule has 4 fully saturated rings. The molecule has 4 aliphatic carbocycles.